The molecular weight excluding hydrogens is 236 g/mol. The van der Waals surface area contributed by atoms with Gasteiger partial charge in [0.2, 0.25) is 0 Å². The van der Waals surface area contributed by atoms with Gasteiger partial charge in [-0.2, -0.15) is 0 Å². The lowest BCUT2D eigenvalue weighted by atomic mass is 10.0. The quantitative estimate of drug-likeness (QED) is 0.423. The molecule has 0 radical (unpaired) electrons. The van der Waals surface area contributed by atoms with Crippen LogP contribution in [-0.2, 0) is 4.79 Å². The number of allylic oxidation sites excluding steroid dienone is 3. The zero-order chi connectivity index (χ0) is 14.3. The van der Waals surface area contributed by atoms with E-state index in [0.29, 0.717) is 5.75 Å². The lowest BCUT2D eigenvalue weighted by Crippen LogP contribution is -2.19. The van der Waals surface area contributed by atoms with E-state index in [0.717, 1.165) is 24.0 Å². The Morgan fingerprint density at radius 1 is 1.37 bits per heavy atom. The number of carbonyl (C=O) groups is 1. The number of esters is 1. The van der Waals surface area contributed by atoms with Crippen molar-refractivity contribution in [1.29, 1.82) is 0 Å². The topological polar surface area (TPSA) is 26.3 Å². The fourth-order valence-electron chi connectivity index (χ4n) is 1.96. The van der Waals surface area contributed by atoms with Gasteiger partial charge in [0.05, 0.1) is 5.92 Å². The van der Waals surface area contributed by atoms with Crippen LogP contribution in [0.4, 0.5) is 0 Å². The molecule has 0 heterocycles. The van der Waals surface area contributed by atoms with Crippen LogP contribution in [0.25, 0.3) is 5.57 Å². The van der Waals surface area contributed by atoms with Gasteiger partial charge in [0.15, 0.2) is 0 Å². The first-order valence-corrected chi connectivity index (χ1v) is 6.77. The van der Waals surface area contributed by atoms with Crippen molar-refractivity contribution in [3.8, 4) is 5.75 Å². The average Bonchev–Trinajstić information content (AvgIpc) is 2.42. The van der Waals surface area contributed by atoms with Gasteiger partial charge in [-0.1, -0.05) is 44.7 Å². The fraction of sp³-hybridized carbons (Fsp3) is 0.353. The summed E-state index contributed by atoms with van der Waals surface area (Å²) >= 11 is 0. The van der Waals surface area contributed by atoms with Crippen LogP contribution in [-0.4, -0.2) is 5.97 Å². The average molecular weight is 258 g/mol. The van der Waals surface area contributed by atoms with Crippen LogP contribution in [0.5, 0.6) is 5.75 Å². The van der Waals surface area contributed by atoms with Crippen molar-refractivity contribution in [3.63, 3.8) is 0 Å². The molecule has 1 aromatic rings. The van der Waals surface area contributed by atoms with E-state index in [1.807, 2.05) is 45.0 Å². The molecule has 0 fully saturated rings. The summed E-state index contributed by atoms with van der Waals surface area (Å²) < 4.78 is 5.44. The summed E-state index contributed by atoms with van der Waals surface area (Å²) in [6, 6.07) is 7.54. The first kappa shape index (κ1) is 15.2. The van der Waals surface area contributed by atoms with Gasteiger partial charge in [0.1, 0.15) is 5.75 Å². The SMILES string of the molecule is C=C/C(=C\C)c1cccc(OC(=O)C(CC)CC)c1. The van der Waals surface area contributed by atoms with E-state index < -0.39 is 0 Å². The van der Waals surface area contributed by atoms with Gasteiger partial charge >= 0.3 is 5.97 Å². The molecule has 0 spiro atoms. The monoisotopic (exact) mass is 258 g/mol. The smallest absolute Gasteiger partial charge is 0.314 e. The van der Waals surface area contributed by atoms with Gasteiger partial charge in [-0.3, -0.25) is 4.79 Å². The molecule has 0 bridgehead atoms. The molecule has 0 aliphatic carbocycles. The van der Waals surface area contributed by atoms with E-state index in [2.05, 4.69) is 6.58 Å². The normalized spacial score (nSPS) is 11.5. The zero-order valence-corrected chi connectivity index (χ0v) is 12.0. The Kier molecular flexibility index (Phi) is 6.07. The lowest BCUT2D eigenvalue weighted by Gasteiger charge is -2.12. The Bertz CT molecular complexity index is 468. The Labute approximate surface area is 115 Å². The number of benzene rings is 1. The molecule has 1 rings (SSSR count). The minimum Gasteiger partial charge on any atom is -0.426 e. The lowest BCUT2D eigenvalue weighted by molar-refractivity contribution is -0.139. The van der Waals surface area contributed by atoms with Gasteiger partial charge in [-0.15, -0.1) is 0 Å². The molecule has 0 saturated carbocycles. The van der Waals surface area contributed by atoms with Crippen LogP contribution in [0.1, 0.15) is 39.2 Å². The molecule has 0 unspecified atom stereocenters. The number of rotatable bonds is 6. The Hall–Kier alpha value is -1.83. The summed E-state index contributed by atoms with van der Waals surface area (Å²) in [6.07, 6.45) is 5.39. The third-order valence-electron chi connectivity index (χ3n) is 3.24. The maximum Gasteiger partial charge on any atom is 0.314 e. The van der Waals surface area contributed by atoms with E-state index in [9.17, 15) is 4.79 Å². The number of carbonyl (C=O) groups excluding carboxylic acids is 1. The van der Waals surface area contributed by atoms with Crippen LogP contribution in [0.2, 0.25) is 0 Å². The van der Waals surface area contributed by atoms with Crippen LogP contribution >= 0.6 is 0 Å². The van der Waals surface area contributed by atoms with Gasteiger partial charge in [-0.05, 0) is 43.0 Å². The maximum absolute atomic E-state index is 11.9. The highest BCUT2D eigenvalue weighted by atomic mass is 16.5. The Morgan fingerprint density at radius 2 is 2.05 bits per heavy atom. The Balaban J connectivity index is 2.89. The molecule has 102 valence electrons. The zero-order valence-electron chi connectivity index (χ0n) is 12.0. The van der Waals surface area contributed by atoms with Crippen LogP contribution in [0.15, 0.2) is 43.0 Å². The van der Waals surface area contributed by atoms with E-state index in [4.69, 9.17) is 4.74 Å². The first-order chi connectivity index (χ1) is 9.15. The van der Waals surface area contributed by atoms with Crippen molar-refractivity contribution in [3.05, 3.63) is 48.6 Å². The molecule has 0 N–H and O–H groups in total. The van der Waals surface area contributed by atoms with Crippen LogP contribution in [0, 0.1) is 5.92 Å². The second kappa shape index (κ2) is 7.57. The molecule has 2 heteroatoms. The second-order valence-corrected chi connectivity index (χ2v) is 4.41. The Morgan fingerprint density at radius 3 is 2.58 bits per heavy atom. The van der Waals surface area contributed by atoms with E-state index in [-0.39, 0.29) is 11.9 Å². The third-order valence-corrected chi connectivity index (χ3v) is 3.24. The van der Waals surface area contributed by atoms with Crippen molar-refractivity contribution >= 4 is 11.5 Å². The van der Waals surface area contributed by atoms with Gasteiger partial charge in [0, 0.05) is 0 Å². The summed E-state index contributed by atoms with van der Waals surface area (Å²) in [5.74, 6) is 0.419. The number of hydrogen-bond acceptors (Lipinski definition) is 2. The summed E-state index contributed by atoms with van der Waals surface area (Å²) in [4.78, 5) is 11.9. The first-order valence-electron chi connectivity index (χ1n) is 6.77. The molecule has 2 nitrogen and oxygen atoms in total. The summed E-state index contributed by atoms with van der Waals surface area (Å²) in [5, 5.41) is 0. The minimum absolute atomic E-state index is 0.0238. The van der Waals surface area contributed by atoms with Gasteiger partial charge in [0.25, 0.3) is 0 Å². The highest BCUT2D eigenvalue weighted by Crippen LogP contribution is 2.22. The molecule has 0 aliphatic rings. The van der Waals surface area contributed by atoms with Crippen molar-refractivity contribution in [2.24, 2.45) is 5.92 Å². The molecule has 0 amide bonds. The number of hydrogen-bond donors (Lipinski definition) is 0. The van der Waals surface area contributed by atoms with E-state index >= 15 is 0 Å². The standard InChI is InChI=1S/C17H22O2/c1-5-13(6-2)15-10-9-11-16(12-15)19-17(18)14(7-3)8-4/h5-6,9-12,14H,1,7-8H2,2-4H3/b13-6+. The fourth-order valence-corrected chi connectivity index (χ4v) is 1.96. The highest BCUT2D eigenvalue weighted by Gasteiger charge is 2.16. The van der Waals surface area contributed by atoms with Crippen LogP contribution < -0.4 is 4.74 Å². The van der Waals surface area contributed by atoms with E-state index in [1.165, 1.54) is 0 Å². The summed E-state index contributed by atoms with van der Waals surface area (Å²) in [5.41, 5.74) is 2.03. The van der Waals surface area contributed by atoms with Crippen molar-refractivity contribution in [1.82, 2.24) is 0 Å². The molecule has 0 aliphatic heterocycles. The number of ether oxygens (including phenoxy) is 1. The van der Waals surface area contributed by atoms with Gasteiger partial charge < -0.3 is 4.74 Å². The van der Waals surface area contributed by atoms with E-state index in [1.54, 1.807) is 12.1 Å². The molecular formula is C17H22O2. The largest absolute Gasteiger partial charge is 0.426 e. The predicted molar refractivity (Wildman–Crippen MR) is 80.0 cm³/mol. The summed E-state index contributed by atoms with van der Waals surface area (Å²) in [7, 11) is 0. The van der Waals surface area contributed by atoms with Crippen molar-refractivity contribution in [2.75, 3.05) is 0 Å². The maximum atomic E-state index is 11.9. The molecule has 19 heavy (non-hydrogen) atoms. The third kappa shape index (κ3) is 4.09. The molecule has 1 aromatic carbocycles. The second-order valence-electron chi connectivity index (χ2n) is 4.41. The highest BCUT2D eigenvalue weighted by molar-refractivity contribution is 5.77. The molecule has 0 saturated heterocycles. The minimum atomic E-state index is -0.150. The van der Waals surface area contributed by atoms with Crippen LogP contribution in [0.3, 0.4) is 0 Å². The predicted octanol–water partition coefficient (Wildman–Crippen LogP) is 4.62. The van der Waals surface area contributed by atoms with Crippen molar-refractivity contribution in [2.45, 2.75) is 33.6 Å². The van der Waals surface area contributed by atoms with Gasteiger partial charge in [-0.25, -0.2) is 0 Å². The molecule has 0 atom stereocenters. The summed E-state index contributed by atoms with van der Waals surface area (Å²) in [6.45, 7) is 9.74. The van der Waals surface area contributed by atoms with Crippen molar-refractivity contribution < 1.29 is 9.53 Å². The molecule has 0 aromatic heterocycles.